The third-order valence-electron chi connectivity index (χ3n) is 6.64. The SMILES string of the molecule is Cc1ccc(CCN(CCC(=O)O)C(=O)c2ccccc2-c2ccccc2C(=O)NCc2cccc(F)c2)cc1. The van der Waals surface area contributed by atoms with E-state index in [9.17, 15) is 23.9 Å². The molecule has 0 aliphatic heterocycles. The van der Waals surface area contributed by atoms with Crippen LogP contribution in [0.4, 0.5) is 4.39 Å². The van der Waals surface area contributed by atoms with E-state index < -0.39 is 5.97 Å². The maximum Gasteiger partial charge on any atom is 0.305 e. The molecule has 0 radical (unpaired) electrons. The molecule has 4 aromatic carbocycles. The summed E-state index contributed by atoms with van der Waals surface area (Å²) in [6.45, 7) is 2.56. The molecule has 204 valence electrons. The lowest BCUT2D eigenvalue weighted by Gasteiger charge is -2.24. The van der Waals surface area contributed by atoms with Crippen LogP contribution in [0.2, 0.25) is 0 Å². The number of nitrogens with one attached hydrogen (secondary N) is 1. The van der Waals surface area contributed by atoms with Crippen LogP contribution in [0.5, 0.6) is 0 Å². The van der Waals surface area contributed by atoms with E-state index in [-0.39, 0.29) is 37.1 Å². The molecule has 0 aliphatic carbocycles. The Morgan fingerprint density at radius 3 is 2.10 bits per heavy atom. The Morgan fingerprint density at radius 1 is 0.775 bits per heavy atom. The van der Waals surface area contributed by atoms with Crippen LogP contribution >= 0.6 is 0 Å². The number of aryl methyl sites for hydroxylation is 1. The number of benzene rings is 4. The summed E-state index contributed by atoms with van der Waals surface area (Å²) >= 11 is 0. The lowest BCUT2D eigenvalue weighted by Crippen LogP contribution is -2.35. The fraction of sp³-hybridized carbons (Fsp3) is 0.182. The molecule has 4 aromatic rings. The molecule has 0 saturated carbocycles. The van der Waals surface area contributed by atoms with Crippen LogP contribution in [0.3, 0.4) is 0 Å². The number of carbonyl (C=O) groups is 3. The molecule has 6 nitrogen and oxygen atoms in total. The molecule has 0 atom stereocenters. The maximum absolute atomic E-state index is 13.8. The Balaban J connectivity index is 1.60. The van der Waals surface area contributed by atoms with Gasteiger partial charge in [-0.1, -0.05) is 78.4 Å². The highest BCUT2D eigenvalue weighted by atomic mass is 19.1. The standard InChI is InChI=1S/C33H31FN2O4/c1-23-13-15-24(16-14-23)17-19-36(20-18-31(37)38)33(40)30-12-5-3-10-28(30)27-9-2-4-11-29(27)32(39)35-22-25-7-6-8-26(34)21-25/h2-16,21H,17-20,22H2,1H3,(H,35,39)(H,37,38). The molecule has 0 aromatic heterocycles. The van der Waals surface area contributed by atoms with Crippen molar-refractivity contribution in [3.63, 3.8) is 0 Å². The normalized spacial score (nSPS) is 10.7. The second-order valence-electron chi connectivity index (χ2n) is 9.58. The van der Waals surface area contributed by atoms with Crippen LogP contribution < -0.4 is 5.32 Å². The Labute approximate surface area is 233 Å². The van der Waals surface area contributed by atoms with Gasteiger partial charge in [-0.2, -0.15) is 0 Å². The molecule has 0 saturated heterocycles. The maximum atomic E-state index is 13.8. The predicted molar refractivity (Wildman–Crippen MR) is 152 cm³/mol. The number of halogens is 1. The van der Waals surface area contributed by atoms with Gasteiger partial charge in [-0.15, -0.1) is 0 Å². The molecule has 40 heavy (non-hydrogen) atoms. The molecule has 2 amide bonds. The van der Waals surface area contributed by atoms with Gasteiger partial charge in [-0.25, -0.2) is 4.39 Å². The summed E-state index contributed by atoms with van der Waals surface area (Å²) in [5, 5.41) is 12.1. The van der Waals surface area contributed by atoms with Gasteiger partial charge in [0.25, 0.3) is 11.8 Å². The number of hydrogen-bond acceptors (Lipinski definition) is 3. The van der Waals surface area contributed by atoms with E-state index >= 15 is 0 Å². The Bertz CT molecular complexity index is 1500. The zero-order valence-corrected chi connectivity index (χ0v) is 22.3. The minimum atomic E-state index is -0.985. The van der Waals surface area contributed by atoms with Crippen molar-refractivity contribution in [2.75, 3.05) is 13.1 Å². The van der Waals surface area contributed by atoms with Gasteiger partial charge < -0.3 is 15.3 Å². The summed E-state index contributed by atoms with van der Waals surface area (Å²) in [4.78, 5) is 40.0. The monoisotopic (exact) mass is 538 g/mol. The molecule has 0 bridgehead atoms. The quantitative estimate of drug-likeness (QED) is 0.249. The summed E-state index contributed by atoms with van der Waals surface area (Å²) in [5.41, 5.74) is 4.70. The van der Waals surface area contributed by atoms with Crippen LogP contribution in [-0.2, 0) is 17.8 Å². The zero-order valence-electron chi connectivity index (χ0n) is 22.3. The van der Waals surface area contributed by atoms with Crippen molar-refractivity contribution >= 4 is 17.8 Å². The van der Waals surface area contributed by atoms with Gasteiger partial charge in [0.2, 0.25) is 0 Å². The Kier molecular flexibility index (Phi) is 9.41. The van der Waals surface area contributed by atoms with E-state index in [0.717, 1.165) is 11.1 Å². The van der Waals surface area contributed by atoms with Crippen LogP contribution in [-0.4, -0.2) is 40.9 Å². The van der Waals surface area contributed by atoms with Gasteiger partial charge in [0.1, 0.15) is 5.82 Å². The molecular formula is C33H31FN2O4. The van der Waals surface area contributed by atoms with Crippen LogP contribution in [0.15, 0.2) is 97.1 Å². The third-order valence-corrected chi connectivity index (χ3v) is 6.64. The summed E-state index contributed by atoms with van der Waals surface area (Å²) < 4.78 is 13.6. The highest BCUT2D eigenvalue weighted by Crippen LogP contribution is 2.28. The Hall–Kier alpha value is -4.78. The second-order valence-corrected chi connectivity index (χ2v) is 9.58. The van der Waals surface area contributed by atoms with E-state index in [1.807, 2.05) is 31.2 Å². The summed E-state index contributed by atoms with van der Waals surface area (Å²) in [7, 11) is 0. The van der Waals surface area contributed by atoms with Gasteiger partial charge in [-0.3, -0.25) is 14.4 Å². The van der Waals surface area contributed by atoms with Gasteiger partial charge in [-0.05, 0) is 59.9 Å². The van der Waals surface area contributed by atoms with Gasteiger partial charge in [0, 0.05) is 30.8 Å². The number of aliphatic carboxylic acids is 1. The van der Waals surface area contributed by atoms with Crippen molar-refractivity contribution in [2.45, 2.75) is 26.3 Å². The molecule has 7 heteroatoms. The fourth-order valence-corrected chi connectivity index (χ4v) is 4.48. The molecule has 0 fully saturated rings. The lowest BCUT2D eigenvalue weighted by atomic mass is 9.94. The number of carboxylic acid groups (broad SMARTS) is 1. The number of carboxylic acids is 1. The van der Waals surface area contributed by atoms with Crippen molar-refractivity contribution in [2.24, 2.45) is 0 Å². The predicted octanol–water partition coefficient (Wildman–Crippen LogP) is 5.89. The Morgan fingerprint density at radius 2 is 1.43 bits per heavy atom. The largest absolute Gasteiger partial charge is 0.481 e. The van der Waals surface area contributed by atoms with E-state index in [4.69, 9.17) is 0 Å². The number of nitrogens with zero attached hydrogens (tertiary/aromatic N) is 1. The van der Waals surface area contributed by atoms with Crippen LogP contribution in [0.1, 0.15) is 43.8 Å². The van der Waals surface area contributed by atoms with Gasteiger partial charge in [0.05, 0.1) is 6.42 Å². The van der Waals surface area contributed by atoms with Crippen molar-refractivity contribution in [1.29, 1.82) is 0 Å². The van der Waals surface area contributed by atoms with Crippen molar-refractivity contribution in [3.8, 4) is 11.1 Å². The highest BCUT2D eigenvalue weighted by Gasteiger charge is 2.22. The lowest BCUT2D eigenvalue weighted by molar-refractivity contribution is -0.137. The fourth-order valence-electron chi connectivity index (χ4n) is 4.48. The first kappa shape index (κ1) is 28.2. The first-order chi connectivity index (χ1) is 19.3. The molecule has 0 aliphatic rings. The third kappa shape index (κ3) is 7.41. The smallest absolute Gasteiger partial charge is 0.305 e. The average molecular weight is 539 g/mol. The van der Waals surface area contributed by atoms with Crippen molar-refractivity contribution in [1.82, 2.24) is 10.2 Å². The van der Waals surface area contributed by atoms with E-state index in [0.29, 0.717) is 40.8 Å². The zero-order chi connectivity index (χ0) is 28.5. The topological polar surface area (TPSA) is 86.7 Å². The van der Waals surface area contributed by atoms with Gasteiger partial charge >= 0.3 is 5.97 Å². The summed E-state index contributed by atoms with van der Waals surface area (Å²) in [5.74, 6) is -2.03. The molecule has 0 unspecified atom stereocenters. The van der Waals surface area contributed by atoms with Crippen LogP contribution in [0.25, 0.3) is 11.1 Å². The number of amides is 2. The minimum Gasteiger partial charge on any atom is -0.481 e. The molecule has 0 spiro atoms. The first-order valence-electron chi connectivity index (χ1n) is 13.1. The van der Waals surface area contributed by atoms with Crippen LogP contribution in [0, 0.1) is 12.7 Å². The van der Waals surface area contributed by atoms with E-state index in [1.54, 1.807) is 65.6 Å². The highest BCUT2D eigenvalue weighted by molar-refractivity contribution is 6.06. The average Bonchev–Trinajstić information content (AvgIpc) is 2.96. The molecule has 0 heterocycles. The van der Waals surface area contributed by atoms with Gasteiger partial charge in [0.15, 0.2) is 0 Å². The first-order valence-corrected chi connectivity index (χ1v) is 13.1. The van der Waals surface area contributed by atoms with Crippen molar-refractivity contribution < 1.29 is 23.9 Å². The summed E-state index contributed by atoms with van der Waals surface area (Å²) in [6.07, 6.45) is 0.397. The molecule has 2 N–H and O–H groups in total. The molecule has 4 rings (SSSR count). The number of carbonyl (C=O) groups excluding carboxylic acids is 2. The van der Waals surface area contributed by atoms with E-state index in [2.05, 4.69) is 5.32 Å². The number of rotatable bonds is 11. The molecular weight excluding hydrogens is 507 g/mol. The minimum absolute atomic E-state index is 0.0597. The van der Waals surface area contributed by atoms with Crippen molar-refractivity contribution in [3.05, 3.63) is 131 Å². The van der Waals surface area contributed by atoms with E-state index in [1.165, 1.54) is 12.1 Å². The summed E-state index contributed by atoms with van der Waals surface area (Å²) in [6, 6.07) is 28.0. The number of hydrogen-bond donors (Lipinski definition) is 2. The second kappa shape index (κ2) is 13.3.